The molecule has 20 heavy (non-hydrogen) atoms. The fourth-order valence-electron chi connectivity index (χ4n) is 1.86. The lowest BCUT2D eigenvalue weighted by Gasteiger charge is -2.14. The molecule has 1 unspecified atom stereocenters. The van der Waals surface area contributed by atoms with E-state index in [2.05, 4.69) is 5.32 Å². The van der Waals surface area contributed by atoms with Crippen LogP contribution >= 0.6 is 0 Å². The smallest absolute Gasteiger partial charge is 0.234 e. The number of likely N-dealkylation sites (N-methyl/N-ethyl adjacent to an activating group) is 1. The van der Waals surface area contributed by atoms with Gasteiger partial charge in [0.05, 0.1) is 19.3 Å². The predicted octanol–water partition coefficient (Wildman–Crippen LogP) is 1.11. The molecule has 0 bridgehead atoms. The summed E-state index contributed by atoms with van der Waals surface area (Å²) in [6.45, 7) is 3.82. The standard InChI is InChI=1S/C15H24N2O3/c1-3-17-14(15(16)18)9-11-20-13-6-4-12(5-7-13)8-10-19-2/h4-7,14,17H,3,8-11H2,1-2H3,(H2,16,18). The monoisotopic (exact) mass is 280 g/mol. The maximum atomic E-state index is 11.2. The third-order valence-corrected chi connectivity index (χ3v) is 2.99. The highest BCUT2D eigenvalue weighted by Crippen LogP contribution is 2.13. The Morgan fingerprint density at radius 2 is 2.00 bits per heavy atom. The van der Waals surface area contributed by atoms with Gasteiger partial charge < -0.3 is 20.5 Å². The van der Waals surface area contributed by atoms with Crippen LogP contribution in [0.3, 0.4) is 0 Å². The highest BCUT2D eigenvalue weighted by atomic mass is 16.5. The number of primary amides is 1. The van der Waals surface area contributed by atoms with Crippen molar-refractivity contribution in [2.45, 2.75) is 25.8 Å². The van der Waals surface area contributed by atoms with Gasteiger partial charge in [-0.25, -0.2) is 0 Å². The Kier molecular flexibility index (Phi) is 7.69. The molecule has 1 atom stereocenters. The van der Waals surface area contributed by atoms with Gasteiger partial charge in [0.15, 0.2) is 0 Å². The lowest BCUT2D eigenvalue weighted by atomic mass is 10.1. The second-order valence-electron chi connectivity index (χ2n) is 4.54. The minimum atomic E-state index is -0.342. The van der Waals surface area contributed by atoms with E-state index in [1.54, 1.807) is 7.11 Å². The molecule has 0 aliphatic rings. The molecular weight excluding hydrogens is 256 g/mol. The zero-order valence-corrected chi connectivity index (χ0v) is 12.2. The summed E-state index contributed by atoms with van der Waals surface area (Å²) in [5, 5.41) is 3.03. The summed E-state index contributed by atoms with van der Waals surface area (Å²) in [6.07, 6.45) is 1.45. The number of amides is 1. The van der Waals surface area contributed by atoms with Crippen molar-refractivity contribution in [3.63, 3.8) is 0 Å². The first-order valence-corrected chi connectivity index (χ1v) is 6.90. The van der Waals surface area contributed by atoms with Crippen molar-refractivity contribution >= 4 is 5.91 Å². The molecule has 0 aliphatic carbocycles. The molecule has 5 nitrogen and oxygen atoms in total. The van der Waals surface area contributed by atoms with Crippen molar-refractivity contribution in [3.05, 3.63) is 29.8 Å². The zero-order chi connectivity index (χ0) is 14.8. The lowest BCUT2D eigenvalue weighted by molar-refractivity contribution is -0.120. The molecule has 0 fully saturated rings. The first kappa shape index (κ1) is 16.5. The van der Waals surface area contributed by atoms with Crippen LogP contribution < -0.4 is 15.8 Å². The van der Waals surface area contributed by atoms with Gasteiger partial charge in [0, 0.05) is 13.5 Å². The van der Waals surface area contributed by atoms with Gasteiger partial charge in [-0.2, -0.15) is 0 Å². The Hall–Kier alpha value is -1.59. The SMILES string of the molecule is CCNC(CCOc1ccc(CCOC)cc1)C(N)=O. The Bertz CT molecular complexity index is 393. The highest BCUT2D eigenvalue weighted by molar-refractivity contribution is 5.79. The third-order valence-electron chi connectivity index (χ3n) is 2.99. The number of methoxy groups -OCH3 is 1. The molecule has 1 aromatic rings. The van der Waals surface area contributed by atoms with Crippen molar-refractivity contribution < 1.29 is 14.3 Å². The van der Waals surface area contributed by atoms with Gasteiger partial charge in [-0.05, 0) is 30.7 Å². The van der Waals surface area contributed by atoms with Gasteiger partial charge >= 0.3 is 0 Å². The van der Waals surface area contributed by atoms with Gasteiger partial charge in [0.1, 0.15) is 5.75 Å². The Morgan fingerprint density at radius 3 is 2.55 bits per heavy atom. The quantitative estimate of drug-likeness (QED) is 0.673. The first-order chi connectivity index (χ1) is 9.67. The van der Waals surface area contributed by atoms with Crippen molar-refractivity contribution in [1.82, 2.24) is 5.32 Å². The Balaban J connectivity index is 2.35. The second-order valence-corrected chi connectivity index (χ2v) is 4.54. The molecule has 0 heterocycles. The molecule has 0 saturated carbocycles. The Labute approximate surface area is 120 Å². The van der Waals surface area contributed by atoms with E-state index >= 15 is 0 Å². The molecule has 1 aromatic carbocycles. The van der Waals surface area contributed by atoms with Crippen LogP contribution in [0.2, 0.25) is 0 Å². The van der Waals surface area contributed by atoms with E-state index in [0.717, 1.165) is 12.2 Å². The van der Waals surface area contributed by atoms with Crippen molar-refractivity contribution in [2.24, 2.45) is 5.73 Å². The predicted molar refractivity (Wildman–Crippen MR) is 78.8 cm³/mol. The number of rotatable bonds is 10. The minimum Gasteiger partial charge on any atom is -0.494 e. The van der Waals surface area contributed by atoms with Crippen molar-refractivity contribution in [1.29, 1.82) is 0 Å². The first-order valence-electron chi connectivity index (χ1n) is 6.90. The fraction of sp³-hybridized carbons (Fsp3) is 0.533. The number of hydrogen-bond donors (Lipinski definition) is 2. The van der Waals surface area contributed by atoms with Crippen LogP contribution in [0.4, 0.5) is 0 Å². The molecule has 5 heteroatoms. The largest absolute Gasteiger partial charge is 0.494 e. The Morgan fingerprint density at radius 1 is 1.30 bits per heavy atom. The molecular formula is C15H24N2O3. The van der Waals surface area contributed by atoms with E-state index in [4.69, 9.17) is 15.2 Å². The van der Waals surface area contributed by atoms with Gasteiger partial charge in [0.2, 0.25) is 5.91 Å². The number of benzene rings is 1. The van der Waals surface area contributed by atoms with E-state index in [0.29, 0.717) is 26.2 Å². The van der Waals surface area contributed by atoms with Crippen LogP contribution in [0.25, 0.3) is 0 Å². The van der Waals surface area contributed by atoms with E-state index in [9.17, 15) is 4.79 Å². The molecule has 0 aliphatic heterocycles. The number of ether oxygens (including phenoxy) is 2. The van der Waals surface area contributed by atoms with Crippen LogP contribution in [0.5, 0.6) is 5.75 Å². The lowest BCUT2D eigenvalue weighted by Crippen LogP contribution is -2.42. The zero-order valence-electron chi connectivity index (χ0n) is 12.2. The summed E-state index contributed by atoms with van der Waals surface area (Å²) in [7, 11) is 1.69. The van der Waals surface area contributed by atoms with Crippen LogP contribution in [-0.2, 0) is 16.0 Å². The number of carbonyl (C=O) groups excluding carboxylic acids is 1. The number of nitrogens with one attached hydrogen (secondary N) is 1. The van der Waals surface area contributed by atoms with Gasteiger partial charge in [0.25, 0.3) is 0 Å². The third kappa shape index (κ3) is 6.04. The van der Waals surface area contributed by atoms with Gasteiger partial charge in [-0.15, -0.1) is 0 Å². The van der Waals surface area contributed by atoms with Crippen LogP contribution in [-0.4, -0.2) is 38.8 Å². The van der Waals surface area contributed by atoms with Crippen LogP contribution in [0.1, 0.15) is 18.9 Å². The average Bonchev–Trinajstić information content (AvgIpc) is 2.45. The van der Waals surface area contributed by atoms with Gasteiger partial charge in [-0.3, -0.25) is 4.79 Å². The van der Waals surface area contributed by atoms with Crippen LogP contribution in [0.15, 0.2) is 24.3 Å². The van der Waals surface area contributed by atoms with E-state index in [1.807, 2.05) is 31.2 Å². The minimum absolute atomic E-state index is 0.332. The summed E-state index contributed by atoms with van der Waals surface area (Å²) < 4.78 is 10.6. The van der Waals surface area contributed by atoms with Gasteiger partial charge in [-0.1, -0.05) is 19.1 Å². The molecule has 0 spiro atoms. The molecule has 112 valence electrons. The molecule has 1 rings (SSSR count). The fourth-order valence-corrected chi connectivity index (χ4v) is 1.86. The molecule has 1 amide bonds. The molecule has 0 radical (unpaired) electrons. The van der Waals surface area contributed by atoms with Crippen molar-refractivity contribution in [3.8, 4) is 5.75 Å². The summed E-state index contributed by atoms with van der Waals surface area (Å²) >= 11 is 0. The number of carbonyl (C=O) groups is 1. The summed E-state index contributed by atoms with van der Waals surface area (Å²) in [4.78, 5) is 11.2. The topological polar surface area (TPSA) is 73.6 Å². The number of nitrogens with two attached hydrogens (primary N) is 1. The molecule has 3 N–H and O–H groups in total. The van der Waals surface area contributed by atoms with E-state index in [-0.39, 0.29) is 11.9 Å². The van der Waals surface area contributed by atoms with E-state index < -0.39 is 0 Å². The maximum absolute atomic E-state index is 11.2. The maximum Gasteiger partial charge on any atom is 0.234 e. The number of hydrogen-bond acceptors (Lipinski definition) is 4. The summed E-state index contributed by atoms with van der Waals surface area (Å²) in [6, 6.07) is 7.56. The van der Waals surface area contributed by atoms with Crippen molar-refractivity contribution in [2.75, 3.05) is 26.9 Å². The average molecular weight is 280 g/mol. The molecule has 0 aromatic heterocycles. The highest BCUT2D eigenvalue weighted by Gasteiger charge is 2.13. The molecule has 0 saturated heterocycles. The second kappa shape index (κ2) is 9.34. The summed E-state index contributed by atoms with van der Waals surface area (Å²) in [5.74, 6) is 0.455. The normalized spacial score (nSPS) is 12.1. The van der Waals surface area contributed by atoms with E-state index in [1.165, 1.54) is 5.56 Å². The van der Waals surface area contributed by atoms with Crippen LogP contribution in [0, 0.1) is 0 Å². The summed E-state index contributed by atoms with van der Waals surface area (Å²) in [5.41, 5.74) is 6.51.